The van der Waals surface area contributed by atoms with Gasteiger partial charge in [-0.25, -0.2) is 4.39 Å². The zero-order valence-electron chi connectivity index (χ0n) is 10.3. The monoisotopic (exact) mass is 353 g/mol. The van der Waals surface area contributed by atoms with Crippen molar-refractivity contribution in [3.8, 4) is 0 Å². The van der Waals surface area contributed by atoms with Crippen molar-refractivity contribution in [3.05, 3.63) is 63.9 Å². The SMILES string of the molecule is O=C1Cc2cc(C(Br)c3cc(Cl)ccc3F)ccc2N1. The number of amides is 1. The first-order valence-corrected chi connectivity index (χ1v) is 7.35. The summed E-state index contributed by atoms with van der Waals surface area (Å²) in [6, 6.07) is 10.1. The third-order valence-electron chi connectivity index (χ3n) is 3.28. The maximum atomic E-state index is 13.9. The zero-order valence-corrected chi connectivity index (χ0v) is 12.6. The molecular weight excluding hydrogens is 345 g/mol. The average molecular weight is 355 g/mol. The van der Waals surface area contributed by atoms with E-state index in [-0.39, 0.29) is 16.6 Å². The molecule has 1 amide bonds. The van der Waals surface area contributed by atoms with E-state index in [1.54, 1.807) is 6.07 Å². The fraction of sp³-hybridized carbons (Fsp3) is 0.133. The molecular formula is C15H10BrClFNO. The van der Waals surface area contributed by atoms with Crippen LogP contribution in [0.4, 0.5) is 10.1 Å². The van der Waals surface area contributed by atoms with Crippen LogP contribution in [-0.4, -0.2) is 5.91 Å². The first kappa shape index (κ1) is 13.6. The summed E-state index contributed by atoms with van der Waals surface area (Å²) in [5.74, 6) is -0.330. The van der Waals surface area contributed by atoms with E-state index in [0.717, 1.165) is 16.8 Å². The highest BCUT2D eigenvalue weighted by Crippen LogP contribution is 2.36. The Morgan fingerprint density at radius 1 is 1.25 bits per heavy atom. The van der Waals surface area contributed by atoms with Crippen molar-refractivity contribution in [2.24, 2.45) is 0 Å². The van der Waals surface area contributed by atoms with Crippen LogP contribution in [0.25, 0.3) is 0 Å². The van der Waals surface area contributed by atoms with Crippen LogP contribution in [0.15, 0.2) is 36.4 Å². The van der Waals surface area contributed by atoms with E-state index >= 15 is 0 Å². The van der Waals surface area contributed by atoms with Crippen molar-refractivity contribution in [3.63, 3.8) is 0 Å². The molecule has 0 radical (unpaired) electrons. The quantitative estimate of drug-likeness (QED) is 0.793. The van der Waals surface area contributed by atoms with Gasteiger partial charge in [-0.3, -0.25) is 4.79 Å². The van der Waals surface area contributed by atoms with Gasteiger partial charge in [0.25, 0.3) is 0 Å². The van der Waals surface area contributed by atoms with E-state index < -0.39 is 0 Å². The van der Waals surface area contributed by atoms with E-state index in [0.29, 0.717) is 17.0 Å². The molecule has 0 aliphatic carbocycles. The molecule has 3 rings (SSSR count). The van der Waals surface area contributed by atoms with Crippen molar-refractivity contribution in [2.45, 2.75) is 11.2 Å². The Kier molecular flexibility index (Phi) is 3.52. The second-order valence-corrected chi connectivity index (χ2v) is 6.02. The van der Waals surface area contributed by atoms with Gasteiger partial charge in [0.15, 0.2) is 0 Å². The van der Waals surface area contributed by atoms with Gasteiger partial charge >= 0.3 is 0 Å². The van der Waals surface area contributed by atoms with Gasteiger partial charge < -0.3 is 5.32 Å². The van der Waals surface area contributed by atoms with Gasteiger partial charge in [-0.2, -0.15) is 0 Å². The van der Waals surface area contributed by atoms with E-state index in [1.165, 1.54) is 12.1 Å². The minimum atomic E-state index is -0.314. The Hall–Kier alpha value is -1.39. The second-order valence-electron chi connectivity index (χ2n) is 4.67. The molecule has 0 bridgehead atoms. The highest BCUT2D eigenvalue weighted by atomic mass is 79.9. The topological polar surface area (TPSA) is 29.1 Å². The summed E-state index contributed by atoms with van der Waals surface area (Å²) in [6.45, 7) is 0. The minimum absolute atomic E-state index is 0.0165. The fourth-order valence-corrected chi connectivity index (χ4v) is 3.11. The molecule has 1 aliphatic heterocycles. The van der Waals surface area contributed by atoms with Crippen LogP contribution in [-0.2, 0) is 11.2 Å². The predicted octanol–water partition coefficient (Wildman–Crippen LogP) is 4.46. The number of rotatable bonds is 2. The van der Waals surface area contributed by atoms with Gasteiger partial charge in [0.2, 0.25) is 5.91 Å². The number of benzene rings is 2. The maximum Gasteiger partial charge on any atom is 0.228 e. The fourth-order valence-electron chi connectivity index (χ4n) is 2.30. The summed E-state index contributed by atoms with van der Waals surface area (Å²) in [7, 11) is 0. The highest BCUT2D eigenvalue weighted by molar-refractivity contribution is 9.09. The molecule has 0 saturated heterocycles. The third-order valence-corrected chi connectivity index (χ3v) is 4.54. The molecule has 0 saturated carbocycles. The number of alkyl halides is 1. The van der Waals surface area contributed by atoms with Gasteiger partial charge in [-0.05, 0) is 35.4 Å². The number of hydrogen-bond donors (Lipinski definition) is 1. The van der Waals surface area contributed by atoms with Crippen LogP contribution in [0.2, 0.25) is 5.02 Å². The van der Waals surface area contributed by atoms with E-state index in [9.17, 15) is 9.18 Å². The lowest BCUT2D eigenvalue weighted by Gasteiger charge is -2.13. The Morgan fingerprint density at radius 3 is 2.85 bits per heavy atom. The lowest BCUT2D eigenvalue weighted by molar-refractivity contribution is -0.115. The number of halogens is 3. The molecule has 1 heterocycles. The first-order valence-electron chi connectivity index (χ1n) is 6.06. The Labute approximate surface area is 129 Å². The molecule has 1 atom stereocenters. The van der Waals surface area contributed by atoms with Gasteiger partial charge in [0, 0.05) is 16.3 Å². The van der Waals surface area contributed by atoms with Gasteiger partial charge in [-0.15, -0.1) is 0 Å². The minimum Gasteiger partial charge on any atom is -0.326 e. The molecule has 2 aromatic carbocycles. The van der Waals surface area contributed by atoms with Gasteiger partial charge in [0.05, 0.1) is 11.2 Å². The summed E-state index contributed by atoms with van der Waals surface area (Å²) in [5.41, 5.74) is 3.13. The molecule has 0 spiro atoms. The maximum absolute atomic E-state index is 13.9. The van der Waals surface area contributed by atoms with Crippen LogP contribution in [0.5, 0.6) is 0 Å². The Bertz CT molecular complexity index is 704. The number of carbonyl (C=O) groups excluding carboxylic acids is 1. The summed E-state index contributed by atoms with van der Waals surface area (Å²) >= 11 is 9.42. The molecule has 2 nitrogen and oxygen atoms in total. The summed E-state index contributed by atoms with van der Waals surface area (Å²) < 4.78 is 13.9. The van der Waals surface area contributed by atoms with Crippen molar-refractivity contribution < 1.29 is 9.18 Å². The van der Waals surface area contributed by atoms with Crippen LogP contribution < -0.4 is 5.32 Å². The Morgan fingerprint density at radius 2 is 2.05 bits per heavy atom. The van der Waals surface area contributed by atoms with Crippen LogP contribution in [0.1, 0.15) is 21.5 Å². The average Bonchev–Trinajstić information content (AvgIpc) is 2.79. The summed E-state index contributed by atoms with van der Waals surface area (Å²) in [6.07, 6.45) is 0.362. The molecule has 1 unspecified atom stereocenters. The van der Waals surface area contributed by atoms with E-state index in [1.807, 2.05) is 18.2 Å². The molecule has 2 aromatic rings. The molecule has 102 valence electrons. The Balaban J connectivity index is 1.99. The van der Waals surface area contributed by atoms with Gasteiger partial charge in [0.1, 0.15) is 5.82 Å². The molecule has 5 heteroatoms. The summed E-state index contributed by atoms with van der Waals surface area (Å²) in [5, 5.41) is 3.26. The number of hydrogen-bond acceptors (Lipinski definition) is 1. The smallest absolute Gasteiger partial charge is 0.228 e. The second kappa shape index (κ2) is 5.19. The molecule has 1 aliphatic rings. The van der Waals surface area contributed by atoms with E-state index in [2.05, 4.69) is 21.2 Å². The largest absolute Gasteiger partial charge is 0.326 e. The van der Waals surface area contributed by atoms with Crippen LogP contribution in [0.3, 0.4) is 0 Å². The van der Waals surface area contributed by atoms with Gasteiger partial charge in [-0.1, -0.05) is 39.7 Å². The van der Waals surface area contributed by atoms with Crippen molar-refractivity contribution in [1.82, 2.24) is 0 Å². The lowest BCUT2D eigenvalue weighted by atomic mass is 10.0. The van der Waals surface area contributed by atoms with Crippen LogP contribution >= 0.6 is 27.5 Å². The van der Waals surface area contributed by atoms with Crippen molar-refractivity contribution in [1.29, 1.82) is 0 Å². The molecule has 20 heavy (non-hydrogen) atoms. The molecule has 0 aromatic heterocycles. The molecule has 1 N–H and O–H groups in total. The highest BCUT2D eigenvalue weighted by Gasteiger charge is 2.21. The van der Waals surface area contributed by atoms with E-state index in [4.69, 9.17) is 11.6 Å². The first-order chi connectivity index (χ1) is 9.54. The number of carbonyl (C=O) groups is 1. The predicted molar refractivity (Wildman–Crippen MR) is 81.0 cm³/mol. The third kappa shape index (κ3) is 2.45. The number of fused-ring (bicyclic) bond motifs is 1. The normalized spacial score (nSPS) is 14.8. The number of anilines is 1. The number of nitrogens with one attached hydrogen (secondary N) is 1. The standard InChI is InChI=1S/C15H10BrClFNO/c16-15(11-7-10(17)2-3-12(11)18)8-1-4-13-9(5-8)6-14(20)19-13/h1-5,7,15H,6H2,(H,19,20). The van der Waals surface area contributed by atoms with Crippen molar-refractivity contribution in [2.75, 3.05) is 5.32 Å². The molecule has 0 fully saturated rings. The lowest BCUT2D eigenvalue weighted by Crippen LogP contribution is -2.03. The van der Waals surface area contributed by atoms with Crippen LogP contribution in [0, 0.1) is 5.82 Å². The summed E-state index contributed by atoms with van der Waals surface area (Å²) in [4.78, 5) is 11.0. The van der Waals surface area contributed by atoms with Crippen molar-refractivity contribution >= 4 is 39.1 Å². The zero-order chi connectivity index (χ0) is 14.3.